The number of nitrogens with zero attached hydrogens (tertiary/aromatic N) is 1. The van der Waals surface area contributed by atoms with Gasteiger partial charge in [0.2, 0.25) is 0 Å². The number of phenolic OH excluding ortho intramolecular Hbond substituents is 1. The van der Waals surface area contributed by atoms with Crippen LogP contribution >= 0.6 is 0 Å². The Balaban J connectivity index is 3.07. The van der Waals surface area contributed by atoms with E-state index in [-0.39, 0.29) is 16.9 Å². The SMILES string of the molecule is Cc1c(O)cccc1C(=O)N(CC(=O)O)CC(=O)O. The normalized spacial score (nSPS) is 9.95. The maximum atomic E-state index is 12.1. The number of carboxylic acid groups (broad SMARTS) is 2. The fourth-order valence-corrected chi connectivity index (χ4v) is 1.55. The summed E-state index contributed by atoms with van der Waals surface area (Å²) in [5.41, 5.74) is 0.343. The number of carbonyl (C=O) groups excluding carboxylic acids is 1. The van der Waals surface area contributed by atoms with E-state index in [1.54, 1.807) is 0 Å². The number of carboxylic acids is 2. The van der Waals surface area contributed by atoms with Gasteiger partial charge in [-0.1, -0.05) is 6.07 Å². The number of hydrogen-bond acceptors (Lipinski definition) is 4. The van der Waals surface area contributed by atoms with E-state index in [4.69, 9.17) is 10.2 Å². The second kappa shape index (κ2) is 5.85. The Hall–Kier alpha value is -2.57. The zero-order valence-corrected chi connectivity index (χ0v) is 10.2. The molecule has 0 heterocycles. The second-order valence-corrected chi connectivity index (χ2v) is 3.90. The van der Waals surface area contributed by atoms with Crippen molar-refractivity contribution in [3.63, 3.8) is 0 Å². The molecule has 0 spiro atoms. The molecular formula is C12H13NO6. The summed E-state index contributed by atoms with van der Waals surface area (Å²) in [4.78, 5) is 34.0. The molecule has 1 rings (SSSR count). The summed E-state index contributed by atoms with van der Waals surface area (Å²) in [6.45, 7) is 0.0444. The predicted molar refractivity (Wildman–Crippen MR) is 64.0 cm³/mol. The first kappa shape index (κ1) is 14.5. The Morgan fingerprint density at radius 3 is 2.11 bits per heavy atom. The summed E-state index contributed by atoms with van der Waals surface area (Å²) in [7, 11) is 0. The highest BCUT2D eigenvalue weighted by Crippen LogP contribution is 2.20. The number of phenols is 1. The Morgan fingerprint density at radius 2 is 1.63 bits per heavy atom. The summed E-state index contributed by atoms with van der Waals surface area (Å²) in [6.07, 6.45) is 0. The molecule has 0 saturated heterocycles. The van der Waals surface area contributed by atoms with Gasteiger partial charge in [-0.15, -0.1) is 0 Å². The minimum atomic E-state index is -1.31. The standard InChI is InChI=1S/C12H13NO6/c1-7-8(3-2-4-9(7)14)12(19)13(5-10(15)16)6-11(17)18/h2-4,14H,5-6H2,1H3,(H,15,16)(H,17,18). The topological polar surface area (TPSA) is 115 Å². The summed E-state index contributed by atoms with van der Waals surface area (Å²) in [5.74, 6) is -3.49. The number of aliphatic carboxylic acids is 2. The third-order valence-corrected chi connectivity index (χ3v) is 2.48. The van der Waals surface area contributed by atoms with Crippen LogP contribution in [0.15, 0.2) is 18.2 Å². The fraction of sp³-hybridized carbons (Fsp3) is 0.250. The van der Waals surface area contributed by atoms with Gasteiger partial charge in [-0.3, -0.25) is 14.4 Å². The average molecular weight is 267 g/mol. The molecule has 7 heteroatoms. The molecule has 0 unspecified atom stereocenters. The third kappa shape index (κ3) is 3.70. The lowest BCUT2D eigenvalue weighted by atomic mass is 10.1. The monoisotopic (exact) mass is 267 g/mol. The number of hydrogen-bond donors (Lipinski definition) is 3. The van der Waals surface area contributed by atoms with Gasteiger partial charge in [-0.05, 0) is 19.1 Å². The molecule has 0 saturated carbocycles. The molecule has 0 fully saturated rings. The summed E-state index contributed by atoms with van der Waals surface area (Å²) >= 11 is 0. The molecule has 0 radical (unpaired) electrons. The maximum Gasteiger partial charge on any atom is 0.323 e. The van der Waals surface area contributed by atoms with Crippen LogP contribution in [0.5, 0.6) is 5.75 Å². The maximum absolute atomic E-state index is 12.1. The minimum absolute atomic E-state index is 0.0718. The van der Waals surface area contributed by atoms with Gasteiger partial charge < -0.3 is 20.2 Å². The molecule has 1 aromatic rings. The van der Waals surface area contributed by atoms with Crippen molar-refractivity contribution in [1.82, 2.24) is 4.90 Å². The van der Waals surface area contributed by atoms with Crippen LogP contribution in [0.1, 0.15) is 15.9 Å². The first-order valence-corrected chi connectivity index (χ1v) is 5.34. The van der Waals surface area contributed by atoms with E-state index in [9.17, 15) is 19.5 Å². The molecule has 0 aliphatic heterocycles. The van der Waals surface area contributed by atoms with E-state index in [0.29, 0.717) is 4.90 Å². The van der Waals surface area contributed by atoms with Crippen LogP contribution in [-0.2, 0) is 9.59 Å². The van der Waals surface area contributed by atoms with Crippen molar-refractivity contribution in [3.8, 4) is 5.75 Å². The van der Waals surface area contributed by atoms with Crippen molar-refractivity contribution in [1.29, 1.82) is 0 Å². The molecule has 0 aromatic heterocycles. The number of aromatic hydroxyl groups is 1. The van der Waals surface area contributed by atoms with Crippen molar-refractivity contribution in [2.45, 2.75) is 6.92 Å². The summed E-state index contributed by atoms with van der Waals surface area (Å²) in [5, 5.41) is 26.9. The molecule has 102 valence electrons. The highest BCUT2D eigenvalue weighted by molar-refractivity contribution is 5.99. The van der Waals surface area contributed by atoms with Crippen LogP contribution in [0, 0.1) is 6.92 Å². The molecule has 1 aromatic carbocycles. The van der Waals surface area contributed by atoms with E-state index < -0.39 is 30.9 Å². The van der Waals surface area contributed by atoms with Crippen molar-refractivity contribution in [2.75, 3.05) is 13.1 Å². The average Bonchev–Trinajstić information content (AvgIpc) is 2.30. The molecule has 0 aliphatic carbocycles. The molecule has 0 aliphatic rings. The van der Waals surface area contributed by atoms with Gasteiger partial charge >= 0.3 is 11.9 Å². The lowest BCUT2D eigenvalue weighted by Crippen LogP contribution is -2.39. The van der Waals surface area contributed by atoms with Gasteiger partial charge in [0.05, 0.1) is 0 Å². The van der Waals surface area contributed by atoms with E-state index in [0.717, 1.165) is 0 Å². The van der Waals surface area contributed by atoms with Crippen LogP contribution in [0.3, 0.4) is 0 Å². The van der Waals surface area contributed by atoms with E-state index in [1.807, 2.05) is 0 Å². The van der Waals surface area contributed by atoms with Crippen LogP contribution < -0.4 is 0 Å². The van der Waals surface area contributed by atoms with Crippen LogP contribution in [0.4, 0.5) is 0 Å². The Morgan fingerprint density at radius 1 is 1.11 bits per heavy atom. The Bertz CT molecular complexity index is 509. The van der Waals surface area contributed by atoms with E-state index in [1.165, 1.54) is 25.1 Å². The van der Waals surface area contributed by atoms with Crippen molar-refractivity contribution in [2.24, 2.45) is 0 Å². The number of benzene rings is 1. The first-order chi connectivity index (χ1) is 8.82. The molecule has 1 amide bonds. The smallest absolute Gasteiger partial charge is 0.323 e. The molecule has 19 heavy (non-hydrogen) atoms. The number of rotatable bonds is 5. The van der Waals surface area contributed by atoms with Crippen molar-refractivity contribution in [3.05, 3.63) is 29.3 Å². The van der Waals surface area contributed by atoms with Crippen LogP contribution in [0.2, 0.25) is 0 Å². The van der Waals surface area contributed by atoms with Crippen LogP contribution in [-0.4, -0.2) is 51.2 Å². The molecule has 0 bridgehead atoms. The molecule has 0 atom stereocenters. The summed E-state index contributed by atoms with van der Waals surface area (Å²) < 4.78 is 0. The number of amides is 1. The van der Waals surface area contributed by atoms with Crippen LogP contribution in [0.25, 0.3) is 0 Å². The van der Waals surface area contributed by atoms with Crippen molar-refractivity contribution < 1.29 is 29.7 Å². The van der Waals surface area contributed by atoms with E-state index >= 15 is 0 Å². The lowest BCUT2D eigenvalue weighted by molar-refractivity contribution is -0.140. The minimum Gasteiger partial charge on any atom is -0.508 e. The number of carbonyl (C=O) groups is 3. The largest absolute Gasteiger partial charge is 0.508 e. The quantitative estimate of drug-likeness (QED) is 0.707. The Kier molecular flexibility index (Phi) is 4.46. The van der Waals surface area contributed by atoms with Gasteiger partial charge in [-0.2, -0.15) is 0 Å². The lowest BCUT2D eigenvalue weighted by Gasteiger charge is -2.19. The van der Waals surface area contributed by atoms with E-state index in [2.05, 4.69) is 0 Å². The molecule has 3 N–H and O–H groups in total. The molecule has 7 nitrogen and oxygen atoms in total. The highest BCUT2D eigenvalue weighted by atomic mass is 16.4. The highest BCUT2D eigenvalue weighted by Gasteiger charge is 2.23. The van der Waals surface area contributed by atoms with Gasteiger partial charge in [0.15, 0.2) is 0 Å². The van der Waals surface area contributed by atoms with Gasteiger partial charge in [-0.25, -0.2) is 0 Å². The predicted octanol–water partition coefficient (Wildman–Crippen LogP) is 0.312. The van der Waals surface area contributed by atoms with Gasteiger partial charge in [0.25, 0.3) is 5.91 Å². The summed E-state index contributed by atoms with van der Waals surface area (Å²) in [6, 6.07) is 4.20. The first-order valence-electron chi connectivity index (χ1n) is 5.34. The van der Waals surface area contributed by atoms with Gasteiger partial charge in [0, 0.05) is 11.1 Å². The van der Waals surface area contributed by atoms with Gasteiger partial charge in [0.1, 0.15) is 18.8 Å². The third-order valence-electron chi connectivity index (χ3n) is 2.48. The second-order valence-electron chi connectivity index (χ2n) is 3.90. The zero-order chi connectivity index (χ0) is 14.6. The molecular weight excluding hydrogens is 254 g/mol. The zero-order valence-electron chi connectivity index (χ0n) is 10.2. The van der Waals surface area contributed by atoms with Crippen molar-refractivity contribution >= 4 is 17.8 Å². The fourth-order valence-electron chi connectivity index (χ4n) is 1.55. The Labute approximate surface area is 108 Å².